The summed E-state index contributed by atoms with van der Waals surface area (Å²) in [5.74, 6) is -1.67. The van der Waals surface area contributed by atoms with Crippen LogP contribution in [0.4, 0.5) is 4.79 Å². The number of carboxylic acid groups (broad SMARTS) is 1. The summed E-state index contributed by atoms with van der Waals surface area (Å²) in [4.78, 5) is 40.7. The standard InChI is InChI=1S/C23H23N3O6.C2H6.C2H4/c1-2-26-18(13-24-23(30)32-15-17-11-7-4-8-12-17)25-19(22(28)29)20(21(26)27)31-14-16-9-5-3-6-10-16;2*1-2/h3-12H,2,13-15H2,1H3,(H,24,30)(H,28,29);1-2H3;1-2H2. The number of carbonyl (C=O) groups is 2. The number of rotatable bonds is 9. The van der Waals surface area contributed by atoms with Crippen LogP contribution >= 0.6 is 0 Å². The number of alkyl carbamates (subject to hydrolysis) is 1. The molecule has 2 N–H and O–H groups in total. The van der Waals surface area contributed by atoms with Crippen LogP contribution in [0.1, 0.15) is 48.2 Å². The molecule has 0 atom stereocenters. The Morgan fingerprint density at radius 2 is 1.50 bits per heavy atom. The molecule has 9 nitrogen and oxygen atoms in total. The first-order valence-corrected chi connectivity index (χ1v) is 11.5. The van der Waals surface area contributed by atoms with Gasteiger partial charge in [-0.3, -0.25) is 9.36 Å². The summed E-state index contributed by atoms with van der Waals surface area (Å²) in [6.07, 6.45) is -0.716. The minimum absolute atomic E-state index is 0.0190. The molecule has 0 aliphatic heterocycles. The number of hydrogen-bond acceptors (Lipinski definition) is 6. The quantitative estimate of drug-likeness (QED) is 0.409. The van der Waals surface area contributed by atoms with E-state index in [1.807, 2.05) is 62.4 Å². The van der Waals surface area contributed by atoms with E-state index in [1.165, 1.54) is 4.57 Å². The fourth-order valence-electron chi connectivity index (χ4n) is 2.97. The van der Waals surface area contributed by atoms with Crippen molar-refractivity contribution in [2.75, 3.05) is 0 Å². The third-order valence-corrected chi connectivity index (χ3v) is 4.56. The Morgan fingerprint density at radius 3 is 2.00 bits per heavy atom. The Labute approximate surface area is 211 Å². The average molecular weight is 496 g/mol. The number of nitrogens with one attached hydrogen (secondary N) is 1. The highest BCUT2D eigenvalue weighted by Crippen LogP contribution is 2.15. The van der Waals surface area contributed by atoms with Gasteiger partial charge in [0, 0.05) is 6.54 Å². The highest BCUT2D eigenvalue weighted by molar-refractivity contribution is 5.88. The molecule has 1 heterocycles. The summed E-state index contributed by atoms with van der Waals surface area (Å²) in [6.45, 7) is 11.8. The normalized spacial score (nSPS) is 9.53. The molecular weight excluding hydrogens is 462 g/mol. The fraction of sp³-hybridized carbons (Fsp3) is 0.259. The van der Waals surface area contributed by atoms with Crippen LogP contribution in [0.2, 0.25) is 0 Å². The fourth-order valence-corrected chi connectivity index (χ4v) is 2.97. The SMILES string of the molecule is C=C.CC.CCn1c(CNC(=O)OCc2ccccc2)nc(C(=O)O)c(OCc2ccccc2)c1=O. The number of aromatic carboxylic acids is 1. The Balaban J connectivity index is 0.00000154. The van der Waals surface area contributed by atoms with Crippen LogP contribution in [0.5, 0.6) is 5.75 Å². The van der Waals surface area contributed by atoms with Crippen LogP contribution in [0, 0.1) is 0 Å². The summed E-state index contributed by atoms with van der Waals surface area (Å²) in [5, 5.41) is 12.1. The Bertz CT molecular complexity index is 1150. The zero-order valence-corrected chi connectivity index (χ0v) is 20.9. The van der Waals surface area contributed by atoms with Crippen LogP contribution in [-0.2, 0) is 31.0 Å². The van der Waals surface area contributed by atoms with E-state index >= 15 is 0 Å². The molecule has 3 rings (SSSR count). The second kappa shape index (κ2) is 16.3. The molecular formula is C27H33N3O6. The van der Waals surface area contributed by atoms with Crippen molar-refractivity contribution in [2.45, 2.75) is 47.1 Å². The number of nitrogens with zero attached hydrogens (tertiary/aromatic N) is 2. The average Bonchev–Trinajstić information content (AvgIpc) is 2.93. The summed E-state index contributed by atoms with van der Waals surface area (Å²) in [5.41, 5.74) is 0.452. The van der Waals surface area contributed by atoms with Gasteiger partial charge in [0.2, 0.25) is 5.75 Å². The van der Waals surface area contributed by atoms with Crippen molar-refractivity contribution in [1.82, 2.24) is 14.9 Å². The molecule has 0 radical (unpaired) electrons. The highest BCUT2D eigenvalue weighted by atomic mass is 16.5. The molecule has 3 aromatic rings. The van der Waals surface area contributed by atoms with Crippen LogP contribution < -0.4 is 15.6 Å². The monoisotopic (exact) mass is 495 g/mol. The summed E-state index contributed by atoms with van der Waals surface area (Å²) in [7, 11) is 0. The van der Waals surface area contributed by atoms with Crippen molar-refractivity contribution >= 4 is 12.1 Å². The molecule has 1 aromatic heterocycles. The van der Waals surface area contributed by atoms with Gasteiger partial charge in [-0.15, -0.1) is 13.2 Å². The Kier molecular flexibility index (Phi) is 13.4. The molecule has 0 spiro atoms. The lowest BCUT2D eigenvalue weighted by Crippen LogP contribution is -2.33. The molecule has 0 bridgehead atoms. The highest BCUT2D eigenvalue weighted by Gasteiger charge is 2.22. The Morgan fingerprint density at radius 1 is 0.972 bits per heavy atom. The van der Waals surface area contributed by atoms with Gasteiger partial charge in [0.15, 0.2) is 5.69 Å². The molecule has 0 unspecified atom stereocenters. The van der Waals surface area contributed by atoms with E-state index in [1.54, 1.807) is 19.1 Å². The first-order valence-electron chi connectivity index (χ1n) is 11.5. The predicted molar refractivity (Wildman–Crippen MR) is 138 cm³/mol. The van der Waals surface area contributed by atoms with E-state index in [9.17, 15) is 19.5 Å². The number of carboxylic acids is 1. The number of carbonyl (C=O) groups excluding carboxylic acids is 1. The molecule has 0 fully saturated rings. The number of ether oxygens (including phenoxy) is 2. The molecule has 1 amide bonds. The number of hydrogen-bond donors (Lipinski definition) is 2. The van der Waals surface area contributed by atoms with Gasteiger partial charge in [0.25, 0.3) is 5.56 Å². The second-order valence-electron chi connectivity index (χ2n) is 6.75. The first-order chi connectivity index (χ1) is 17.5. The summed E-state index contributed by atoms with van der Waals surface area (Å²) in [6, 6.07) is 18.2. The first kappa shape index (κ1) is 29.6. The largest absolute Gasteiger partial charge is 0.481 e. The van der Waals surface area contributed by atoms with Crippen molar-refractivity contribution in [3.05, 3.63) is 107 Å². The maximum atomic E-state index is 12.9. The Hall–Kier alpha value is -4.40. The molecule has 2 aromatic carbocycles. The maximum absolute atomic E-state index is 12.9. The summed E-state index contributed by atoms with van der Waals surface area (Å²) < 4.78 is 11.9. The van der Waals surface area contributed by atoms with Crippen molar-refractivity contribution in [3.8, 4) is 5.75 Å². The van der Waals surface area contributed by atoms with E-state index < -0.39 is 23.3 Å². The third-order valence-electron chi connectivity index (χ3n) is 4.56. The van der Waals surface area contributed by atoms with Crippen molar-refractivity contribution < 1.29 is 24.2 Å². The second-order valence-corrected chi connectivity index (χ2v) is 6.75. The molecule has 0 saturated heterocycles. The van der Waals surface area contributed by atoms with Gasteiger partial charge in [-0.05, 0) is 18.1 Å². The van der Waals surface area contributed by atoms with E-state index in [4.69, 9.17) is 9.47 Å². The third kappa shape index (κ3) is 8.75. The lowest BCUT2D eigenvalue weighted by molar-refractivity contribution is 0.0683. The zero-order chi connectivity index (χ0) is 26.9. The van der Waals surface area contributed by atoms with E-state index in [0.29, 0.717) is 0 Å². The van der Waals surface area contributed by atoms with Gasteiger partial charge < -0.3 is 19.9 Å². The van der Waals surface area contributed by atoms with Crippen molar-refractivity contribution in [1.29, 1.82) is 0 Å². The number of amides is 1. The minimum atomic E-state index is -1.40. The van der Waals surface area contributed by atoms with Gasteiger partial charge in [0.1, 0.15) is 19.0 Å². The molecule has 36 heavy (non-hydrogen) atoms. The predicted octanol–water partition coefficient (Wildman–Crippen LogP) is 4.80. The van der Waals surface area contributed by atoms with Crippen LogP contribution in [-0.4, -0.2) is 26.7 Å². The van der Waals surface area contributed by atoms with Gasteiger partial charge >= 0.3 is 12.1 Å². The van der Waals surface area contributed by atoms with Crippen LogP contribution in [0.25, 0.3) is 0 Å². The van der Waals surface area contributed by atoms with E-state index in [2.05, 4.69) is 23.5 Å². The lowest BCUT2D eigenvalue weighted by Gasteiger charge is -2.15. The van der Waals surface area contributed by atoms with Gasteiger partial charge in [0.05, 0.1) is 6.54 Å². The molecule has 9 heteroatoms. The smallest absolute Gasteiger partial charge is 0.407 e. The van der Waals surface area contributed by atoms with Crippen molar-refractivity contribution in [3.63, 3.8) is 0 Å². The molecule has 0 saturated carbocycles. The maximum Gasteiger partial charge on any atom is 0.407 e. The van der Waals surface area contributed by atoms with Crippen LogP contribution in [0.3, 0.4) is 0 Å². The lowest BCUT2D eigenvalue weighted by atomic mass is 10.2. The molecule has 0 aliphatic rings. The molecule has 192 valence electrons. The van der Waals surface area contributed by atoms with Gasteiger partial charge in [-0.25, -0.2) is 14.6 Å². The minimum Gasteiger partial charge on any atom is -0.481 e. The van der Waals surface area contributed by atoms with Crippen molar-refractivity contribution in [2.24, 2.45) is 0 Å². The number of benzene rings is 2. The van der Waals surface area contributed by atoms with Crippen LogP contribution in [0.15, 0.2) is 78.6 Å². The van der Waals surface area contributed by atoms with Gasteiger partial charge in [-0.1, -0.05) is 74.5 Å². The van der Waals surface area contributed by atoms with Gasteiger partial charge in [-0.2, -0.15) is 0 Å². The number of aromatic nitrogens is 2. The zero-order valence-electron chi connectivity index (χ0n) is 20.9. The van der Waals surface area contributed by atoms with E-state index in [0.717, 1.165) is 11.1 Å². The summed E-state index contributed by atoms with van der Waals surface area (Å²) >= 11 is 0. The topological polar surface area (TPSA) is 120 Å². The van der Waals surface area contributed by atoms with E-state index in [-0.39, 0.29) is 37.9 Å². The molecule has 0 aliphatic carbocycles.